The minimum absolute atomic E-state index is 0.297. The minimum atomic E-state index is -1.29. The number of thiophene rings is 1. The Morgan fingerprint density at radius 3 is 2.46 bits per heavy atom. The highest BCUT2D eigenvalue weighted by Gasteiger charge is 2.19. The van der Waals surface area contributed by atoms with Gasteiger partial charge in [-0.2, -0.15) is 5.01 Å². The first-order valence-corrected chi connectivity index (χ1v) is 8.58. The molecule has 2 N–H and O–H groups in total. The van der Waals surface area contributed by atoms with E-state index in [0.29, 0.717) is 17.0 Å². The molecule has 6 nitrogen and oxygen atoms in total. The van der Waals surface area contributed by atoms with Crippen LogP contribution in [-0.2, 0) is 0 Å². The number of nitrogens with one attached hydrogen (secondary N) is 1. The van der Waals surface area contributed by atoms with Gasteiger partial charge in [0.05, 0.1) is 12.8 Å². The van der Waals surface area contributed by atoms with Gasteiger partial charge >= 0.3 is 6.09 Å². The molecule has 0 aliphatic heterocycles. The van der Waals surface area contributed by atoms with E-state index in [-0.39, 0.29) is 0 Å². The van der Waals surface area contributed by atoms with Crippen molar-refractivity contribution < 1.29 is 19.4 Å². The lowest BCUT2D eigenvalue weighted by Gasteiger charge is -2.20. The molecule has 7 heteroatoms. The fraction of sp³-hybridized carbons (Fsp3) is 0.0526. The summed E-state index contributed by atoms with van der Waals surface area (Å²) in [4.78, 5) is 25.1. The number of methoxy groups -OCH3 is 1. The number of rotatable bonds is 4. The van der Waals surface area contributed by atoms with Gasteiger partial charge in [-0.15, -0.1) is 11.3 Å². The number of hydrogen-bond donors (Lipinski definition) is 2. The third-order valence-corrected chi connectivity index (χ3v) is 4.59. The molecule has 2 amide bonds. The van der Waals surface area contributed by atoms with Gasteiger partial charge in [-0.1, -0.05) is 24.3 Å². The summed E-state index contributed by atoms with van der Waals surface area (Å²) in [6.45, 7) is 0. The van der Waals surface area contributed by atoms with E-state index in [2.05, 4.69) is 5.43 Å². The molecule has 3 aromatic rings. The summed E-state index contributed by atoms with van der Waals surface area (Å²) in [7, 11) is 1.50. The van der Waals surface area contributed by atoms with Crippen molar-refractivity contribution in [1.82, 2.24) is 5.43 Å². The van der Waals surface area contributed by atoms with E-state index in [9.17, 15) is 14.7 Å². The van der Waals surface area contributed by atoms with Crippen LogP contribution in [0.4, 0.5) is 10.5 Å². The molecule has 0 aliphatic rings. The van der Waals surface area contributed by atoms with E-state index in [0.717, 1.165) is 15.4 Å². The Kier molecular flexibility index (Phi) is 5.19. The molecule has 26 heavy (non-hydrogen) atoms. The number of nitrogens with zero attached hydrogens (tertiary/aromatic N) is 1. The Labute approximate surface area is 154 Å². The average Bonchev–Trinajstić information content (AvgIpc) is 3.20. The van der Waals surface area contributed by atoms with Crippen LogP contribution in [0, 0.1) is 0 Å². The molecule has 0 aliphatic carbocycles. The Hall–Kier alpha value is -3.32. The lowest BCUT2D eigenvalue weighted by molar-refractivity contribution is 0.0944. The van der Waals surface area contributed by atoms with E-state index < -0.39 is 12.0 Å². The monoisotopic (exact) mass is 368 g/mol. The van der Waals surface area contributed by atoms with Crippen LogP contribution in [0.3, 0.4) is 0 Å². The summed E-state index contributed by atoms with van der Waals surface area (Å²) < 4.78 is 5.08. The number of hydrogen-bond acceptors (Lipinski definition) is 4. The van der Waals surface area contributed by atoms with Gasteiger partial charge in [0.1, 0.15) is 5.75 Å². The van der Waals surface area contributed by atoms with Gasteiger partial charge < -0.3 is 9.84 Å². The fourth-order valence-corrected chi connectivity index (χ4v) is 3.10. The van der Waals surface area contributed by atoms with Crippen molar-refractivity contribution in [1.29, 1.82) is 0 Å². The van der Waals surface area contributed by atoms with Crippen molar-refractivity contribution in [3.63, 3.8) is 0 Å². The number of carbonyl (C=O) groups excluding carboxylic acids is 1. The van der Waals surface area contributed by atoms with Crippen molar-refractivity contribution in [2.75, 3.05) is 12.1 Å². The number of ether oxygens (including phenoxy) is 1. The van der Waals surface area contributed by atoms with Crippen molar-refractivity contribution in [2.24, 2.45) is 0 Å². The Balaban J connectivity index is 1.80. The van der Waals surface area contributed by atoms with Crippen LogP contribution >= 0.6 is 11.3 Å². The zero-order valence-electron chi connectivity index (χ0n) is 13.9. The van der Waals surface area contributed by atoms with Gasteiger partial charge in [0.15, 0.2) is 0 Å². The molecule has 1 aromatic heterocycles. The van der Waals surface area contributed by atoms with Gasteiger partial charge in [0, 0.05) is 10.4 Å². The second-order valence-electron chi connectivity index (χ2n) is 5.32. The topological polar surface area (TPSA) is 78.9 Å². The smallest absolute Gasteiger partial charge is 0.431 e. The number of amides is 2. The molecule has 132 valence electrons. The molecule has 1 heterocycles. The summed E-state index contributed by atoms with van der Waals surface area (Å²) in [6.07, 6.45) is -1.29. The molecular weight excluding hydrogens is 352 g/mol. The minimum Gasteiger partial charge on any atom is -0.497 e. The highest BCUT2D eigenvalue weighted by atomic mass is 32.1. The zero-order valence-corrected chi connectivity index (χ0v) is 14.7. The first-order chi connectivity index (χ1) is 12.6. The maximum Gasteiger partial charge on any atom is 0.431 e. The quantitative estimate of drug-likeness (QED) is 0.675. The number of benzene rings is 2. The molecule has 0 bridgehead atoms. The second kappa shape index (κ2) is 7.71. The SMILES string of the molecule is COc1cccc(C(=O)NN(C(=O)O)c2ccc(-c3cccs3)cc2)c1. The number of carboxylic acid groups (broad SMARTS) is 1. The Morgan fingerprint density at radius 2 is 1.85 bits per heavy atom. The van der Waals surface area contributed by atoms with E-state index in [4.69, 9.17) is 4.74 Å². The Bertz CT molecular complexity index is 908. The molecule has 0 radical (unpaired) electrons. The predicted molar refractivity (Wildman–Crippen MR) is 101 cm³/mol. The lowest BCUT2D eigenvalue weighted by Crippen LogP contribution is -2.45. The summed E-state index contributed by atoms with van der Waals surface area (Å²) in [5.74, 6) is -0.0338. The van der Waals surface area contributed by atoms with Gasteiger partial charge in [-0.3, -0.25) is 10.2 Å². The average molecular weight is 368 g/mol. The number of carbonyl (C=O) groups is 2. The first-order valence-electron chi connectivity index (χ1n) is 7.70. The van der Waals surface area contributed by atoms with Crippen LogP contribution in [0.15, 0.2) is 66.0 Å². The van der Waals surface area contributed by atoms with Crippen LogP contribution in [0.1, 0.15) is 10.4 Å². The molecule has 0 unspecified atom stereocenters. The third-order valence-electron chi connectivity index (χ3n) is 3.67. The molecule has 0 atom stereocenters. The summed E-state index contributed by atoms with van der Waals surface area (Å²) in [6, 6.07) is 17.3. The van der Waals surface area contributed by atoms with Crippen molar-refractivity contribution in [3.8, 4) is 16.2 Å². The summed E-state index contributed by atoms with van der Waals surface area (Å²) in [5, 5.41) is 12.2. The summed E-state index contributed by atoms with van der Waals surface area (Å²) in [5.41, 5.74) is 4.02. The van der Waals surface area contributed by atoms with Crippen molar-refractivity contribution >= 4 is 29.0 Å². The van der Waals surface area contributed by atoms with E-state index in [1.807, 2.05) is 29.6 Å². The first kappa shape index (κ1) is 17.5. The van der Waals surface area contributed by atoms with E-state index in [1.54, 1.807) is 41.7 Å². The predicted octanol–water partition coefficient (Wildman–Crippen LogP) is 4.25. The van der Waals surface area contributed by atoms with Crippen molar-refractivity contribution in [2.45, 2.75) is 0 Å². The molecule has 0 saturated heterocycles. The van der Waals surface area contributed by atoms with Gasteiger partial charge in [-0.25, -0.2) is 4.79 Å². The molecule has 3 rings (SSSR count). The molecule has 0 spiro atoms. The lowest BCUT2D eigenvalue weighted by atomic mass is 10.1. The zero-order chi connectivity index (χ0) is 18.5. The van der Waals surface area contributed by atoms with Gasteiger partial charge in [0.25, 0.3) is 5.91 Å². The molecular formula is C19H16N2O4S. The normalized spacial score (nSPS) is 10.2. The van der Waals surface area contributed by atoms with Crippen LogP contribution in [0.25, 0.3) is 10.4 Å². The van der Waals surface area contributed by atoms with Crippen LogP contribution in [0.5, 0.6) is 5.75 Å². The highest BCUT2D eigenvalue weighted by Crippen LogP contribution is 2.26. The third kappa shape index (κ3) is 3.84. The Morgan fingerprint density at radius 1 is 1.08 bits per heavy atom. The van der Waals surface area contributed by atoms with Crippen molar-refractivity contribution in [3.05, 3.63) is 71.6 Å². The fourth-order valence-electron chi connectivity index (χ4n) is 2.37. The van der Waals surface area contributed by atoms with Gasteiger partial charge in [0.2, 0.25) is 0 Å². The second-order valence-corrected chi connectivity index (χ2v) is 6.26. The van der Waals surface area contributed by atoms with Crippen LogP contribution in [-0.4, -0.2) is 24.2 Å². The van der Waals surface area contributed by atoms with E-state index >= 15 is 0 Å². The number of hydrazine groups is 1. The maximum absolute atomic E-state index is 12.4. The molecule has 0 fully saturated rings. The van der Waals surface area contributed by atoms with Crippen LogP contribution in [0.2, 0.25) is 0 Å². The number of anilines is 1. The standard InChI is InChI=1S/C19H16N2O4S/c1-25-16-5-2-4-14(12-16)18(22)20-21(19(23)24)15-9-7-13(8-10-15)17-6-3-11-26-17/h2-12H,1H3,(H,20,22)(H,23,24). The maximum atomic E-state index is 12.4. The highest BCUT2D eigenvalue weighted by molar-refractivity contribution is 7.13. The largest absolute Gasteiger partial charge is 0.497 e. The molecule has 2 aromatic carbocycles. The van der Waals surface area contributed by atoms with Crippen LogP contribution < -0.4 is 15.2 Å². The van der Waals surface area contributed by atoms with Gasteiger partial charge in [-0.05, 0) is 47.3 Å². The summed E-state index contributed by atoms with van der Waals surface area (Å²) >= 11 is 1.60. The molecule has 0 saturated carbocycles. The van der Waals surface area contributed by atoms with E-state index in [1.165, 1.54) is 13.2 Å².